The fourth-order valence-corrected chi connectivity index (χ4v) is 8.50. The fourth-order valence-electron chi connectivity index (χ4n) is 8.50. The summed E-state index contributed by atoms with van der Waals surface area (Å²) in [7, 11) is 4.98. The highest BCUT2D eigenvalue weighted by molar-refractivity contribution is 5.97. The molecular formula is C51H58BrNO8. The highest BCUT2D eigenvalue weighted by atomic mass is 79.9. The molecule has 0 N–H and O–H groups in total. The zero-order valence-corrected chi connectivity index (χ0v) is 37.4. The Hall–Kier alpha value is -5.48. The van der Waals surface area contributed by atoms with Crippen LogP contribution >= 0.6 is 0 Å². The molecule has 5 aromatic rings. The summed E-state index contributed by atoms with van der Waals surface area (Å²) in [5, 5.41) is 1.83. The number of ether oxygens (including phenoxy) is 7. The second-order valence-corrected chi connectivity index (χ2v) is 15.4. The molecule has 9 nitrogen and oxygen atoms in total. The maximum atomic E-state index is 13.5. The van der Waals surface area contributed by atoms with E-state index in [4.69, 9.17) is 33.2 Å². The fraction of sp³-hybridized carbons (Fsp3) is 0.373. The van der Waals surface area contributed by atoms with Crippen LogP contribution in [0.5, 0.6) is 34.5 Å². The van der Waals surface area contributed by atoms with Crippen molar-refractivity contribution in [2.45, 2.75) is 83.6 Å². The van der Waals surface area contributed by atoms with Gasteiger partial charge in [-0.3, -0.25) is 4.79 Å². The van der Waals surface area contributed by atoms with Crippen LogP contribution in [0, 0.1) is 0 Å². The van der Waals surface area contributed by atoms with Gasteiger partial charge in [0.15, 0.2) is 35.7 Å². The first kappa shape index (κ1) is 45.1. The van der Waals surface area contributed by atoms with Crippen molar-refractivity contribution in [1.82, 2.24) is 0 Å². The molecule has 0 atom stereocenters. The second kappa shape index (κ2) is 21.9. The number of fused-ring (bicyclic) bond motifs is 5. The Morgan fingerprint density at radius 2 is 1.41 bits per heavy atom. The lowest BCUT2D eigenvalue weighted by molar-refractivity contribution is -0.686. The Kier molecular flexibility index (Phi) is 16.1. The van der Waals surface area contributed by atoms with Crippen molar-refractivity contribution in [2.24, 2.45) is 0 Å². The summed E-state index contributed by atoms with van der Waals surface area (Å²) in [6.45, 7) is 9.88. The molecule has 0 spiro atoms. The van der Waals surface area contributed by atoms with E-state index in [2.05, 4.69) is 60.3 Å². The highest BCUT2D eigenvalue weighted by Crippen LogP contribution is 2.44. The predicted octanol–water partition coefficient (Wildman–Crippen LogP) is 7.52. The smallest absolute Gasteiger partial charge is 0.310 e. The van der Waals surface area contributed by atoms with Gasteiger partial charge in [0.05, 0.1) is 51.9 Å². The van der Waals surface area contributed by atoms with E-state index in [1.807, 2.05) is 36.4 Å². The monoisotopic (exact) mass is 891 g/mol. The summed E-state index contributed by atoms with van der Waals surface area (Å²) in [6.07, 6.45) is 17.1. The molecule has 7 rings (SSSR count). The molecule has 10 heteroatoms. The van der Waals surface area contributed by atoms with Crippen LogP contribution in [-0.4, -0.2) is 47.3 Å². The van der Waals surface area contributed by atoms with Crippen molar-refractivity contribution in [1.29, 1.82) is 0 Å². The molecule has 0 bridgehead atoms. The number of hydrogen-bond acceptors (Lipinski definition) is 8. The number of hydrogen-bond donors (Lipinski definition) is 0. The molecule has 0 aliphatic carbocycles. The average Bonchev–Trinajstić information content (AvgIpc) is 3.73. The third kappa shape index (κ3) is 10.5. The first-order valence-corrected chi connectivity index (χ1v) is 21.3. The molecular weight excluding hydrogens is 834 g/mol. The number of esters is 1. The van der Waals surface area contributed by atoms with Gasteiger partial charge < -0.3 is 50.1 Å². The number of aryl methyl sites for hydroxylation is 2. The van der Waals surface area contributed by atoms with Gasteiger partial charge in [-0.05, 0) is 96.5 Å². The van der Waals surface area contributed by atoms with Crippen LogP contribution in [0.4, 0.5) is 0 Å². The van der Waals surface area contributed by atoms with Crippen molar-refractivity contribution in [3.05, 3.63) is 114 Å². The van der Waals surface area contributed by atoms with Gasteiger partial charge in [-0.1, -0.05) is 62.8 Å². The molecule has 3 heterocycles. The molecule has 0 radical (unpaired) electrons. The average molecular weight is 893 g/mol. The standard InChI is InChI=1S/C51H58NO8.BrH/c1-6-16-35-18-21-45(40(28-35)36-19-22-44(54-3)38(29-36)17-7-2)57-26-14-12-10-8-9-11-13-15-27-58-49(53)32-42-39-20-23-46(55-4)51(56-5)43(39)33-52-25-24-37-30-47-48(60-34-59-47)31-41(37)50(42)52;/h6-7,18-23,28-31,33H,1-2,8-17,24-27,32,34H2,3-5H3;1H/q+1;/p-1. The van der Waals surface area contributed by atoms with Gasteiger partial charge in [0.2, 0.25) is 12.5 Å². The maximum Gasteiger partial charge on any atom is 0.310 e. The van der Waals surface area contributed by atoms with Gasteiger partial charge in [-0.2, -0.15) is 4.57 Å². The predicted molar refractivity (Wildman–Crippen MR) is 236 cm³/mol. The Morgan fingerprint density at radius 3 is 2.13 bits per heavy atom. The zero-order chi connectivity index (χ0) is 41.8. The van der Waals surface area contributed by atoms with Crippen LogP contribution in [0.1, 0.15) is 73.6 Å². The van der Waals surface area contributed by atoms with E-state index in [-0.39, 0.29) is 36.2 Å². The first-order chi connectivity index (χ1) is 29.5. The first-order valence-electron chi connectivity index (χ1n) is 21.3. The number of rotatable bonds is 22. The molecule has 61 heavy (non-hydrogen) atoms. The SMILES string of the molecule is C=CCc1ccc(OCCCCCCCCCCOC(=O)Cc2c3[n+](cc4c(OC)c(OC)ccc24)CCc2cc4c(cc2-3)OCO4)c(-c2ccc(OC)c(CC=C)c2)c1.[Br-]. The van der Waals surface area contributed by atoms with Crippen LogP contribution < -0.4 is 50.0 Å². The number of carbonyl (C=O) groups is 1. The molecule has 0 fully saturated rings. The van der Waals surface area contributed by atoms with Gasteiger partial charge in [-0.15, -0.1) is 13.2 Å². The molecule has 0 saturated heterocycles. The van der Waals surface area contributed by atoms with Crippen molar-refractivity contribution >= 4 is 16.7 Å². The number of methoxy groups -OCH3 is 3. The van der Waals surface area contributed by atoms with Gasteiger partial charge in [0, 0.05) is 22.9 Å². The number of allylic oxidation sites excluding steroid dienone is 2. The summed E-state index contributed by atoms with van der Waals surface area (Å²) in [5.41, 5.74) is 8.61. The third-order valence-electron chi connectivity index (χ3n) is 11.5. The largest absolute Gasteiger partial charge is 1.00 e. The molecule has 0 saturated carbocycles. The van der Waals surface area contributed by atoms with Crippen LogP contribution in [0.3, 0.4) is 0 Å². The minimum atomic E-state index is -0.239. The molecule has 322 valence electrons. The zero-order valence-electron chi connectivity index (χ0n) is 35.8. The minimum Gasteiger partial charge on any atom is -1.00 e. The van der Waals surface area contributed by atoms with Crippen molar-refractivity contribution < 1.29 is 59.5 Å². The lowest BCUT2D eigenvalue weighted by Crippen LogP contribution is -3.00. The normalized spacial score (nSPS) is 12.2. The van der Waals surface area contributed by atoms with Crippen molar-refractivity contribution in [3.63, 3.8) is 0 Å². The van der Waals surface area contributed by atoms with Gasteiger partial charge >= 0.3 is 5.97 Å². The molecule has 0 unspecified atom stereocenters. The maximum absolute atomic E-state index is 13.5. The minimum absolute atomic E-state index is 0. The summed E-state index contributed by atoms with van der Waals surface area (Å²) in [6, 6.07) is 20.7. The molecule has 2 aliphatic rings. The van der Waals surface area contributed by atoms with Gasteiger partial charge in [0.1, 0.15) is 11.5 Å². The van der Waals surface area contributed by atoms with E-state index >= 15 is 0 Å². The summed E-state index contributed by atoms with van der Waals surface area (Å²) in [4.78, 5) is 13.5. The molecule has 1 aromatic heterocycles. The number of unbranched alkanes of at least 4 members (excludes halogenated alkanes) is 7. The quantitative estimate of drug-likeness (QED) is 0.0306. The molecule has 2 aliphatic heterocycles. The summed E-state index contributed by atoms with van der Waals surface area (Å²) >= 11 is 0. The summed E-state index contributed by atoms with van der Waals surface area (Å²) in [5.74, 6) is 4.30. The third-order valence-corrected chi connectivity index (χ3v) is 11.5. The van der Waals surface area contributed by atoms with E-state index in [9.17, 15) is 4.79 Å². The lowest BCUT2D eigenvalue weighted by Gasteiger charge is -2.20. The molecule has 0 amide bonds. The Balaban J connectivity index is 0.00000622. The molecule has 4 aromatic carbocycles. The topological polar surface area (TPSA) is 85.6 Å². The number of benzene rings is 4. The number of pyridine rings is 1. The van der Waals surface area contributed by atoms with Crippen LogP contribution in [0.25, 0.3) is 33.2 Å². The number of nitrogens with zero attached hydrogens (tertiary/aromatic N) is 1. The summed E-state index contributed by atoms with van der Waals surface area (Å²) < 4.78 is 42.9. The van der Waals surface area contributed by atoms with Crippen LogP contribution in [0.2, 0.25) is 0 Å². The van der Waals surface area contributed by atoms with Crippen LogP contribution in [0.15, 0.2) is 92.2 Å². The highest BCUT2D eigenvalue weighted by Gasteiger charge is 2.33. The van der Waals surface area contributed by atoms with Crippen LogP contribution in [-0.2, 0) is 41.8 Å². The Labute approximate surface area is 371 Å². The Morgan fingerprint density at radius 1 is 0.721 bits per heavy atom. The van der Waals surface area contributed by atoms with E-state index in [0.29, 0.717) is 24.7 Å². The lowest BCUT2D eigenvalue weighted by atomic mass is 9.90. The Bertz CT molecular complexity index is 2340. The van der Waals surface area contributed by atoms with E-state index in [1.165, 1.54) is 24.0 Å². The number of aromatic nitrogens is 1. The van der Waals surface area contributed by atoms with Crippen molar-refractivity contribution in [2.75, 3.05) is 41.3 Å². The van der Waals surface area contributed by atoms with E-state index in [0.717, 1.165) is 132 Å². The van der Waals surface area contributed by atoms with E-state index < -0.39 is 0 Å². The number of halogens is 1. The second-order valence-electron chi connectivity index (χ2n) is 15.4. The van der Waals surface area contributed by atoms with Gasteiger partial charge in [0.25, 0.3) is 0 Å². The van der Waals surface area contributed by atoms with E-state index in [1.54, 1.807) is 21.3 Å². The number of carbonyl (C=O) groups excluding carboxylic acids is 1. The van der Waals surface area contributed by atoms with Gasteiger partial charge in [-0.25, -0.2) is 0 Å². The van der Waals surface area contributed by atoms with Crippen molar-refractivity contribution in [3.8, 4) is 56.9 Å².